The molecule has 88 valence electrons. The molecule has 0 bridgehead atoms. The standard InChI is InChI=1S/C12H12ClN3S/c1-8(14)11-5-4-9(7-16-11)17-12-10(13)3-2-6-15-12/h2-8H,14H2,1H3/t8-/m1/s1. The Labute approximate surface area is 109 Å². The summed E-state index contributed by atoms with van der Waals surface area (Å²) in [6.45, 7) is 1.91. The number of pyridine rings is 2. The molecule has 2 aromatic rings. The molecule has 0 spiro atoms. The number of nitrogens with two attached hydrogens (primary N) is 1. The van der Waals surface area contributed by atoms with Crippen molar-refractivity contribution in [1.82, 2.24) is 9.97 Å². The van der Waals surface area contributed by atoms with Crippen LogP contribution < -0.4 is 5.73 Å². The summed E-state index contributed by atoms with van der Waals surface area (Å²) in [5.41, 5.74) is 6.61. The molecule has 2 heterocycles. The van der Waals surface area contributed by atoms with Crippen molar-refractivity contribution in [2.75, 3.05) is 0 Å². The molecule has 0 aromatic carbocycles. The maximum absolute atomic E-state index is 6.03. The van der Waals surface area contributed by atoms with Crippen LogP contribution in [-0.2, 0) is 0 Å². The number of halogens is 1. The molecule has 2 rings (SSSR count). The molecule has 1 atom stereocenters. The largest absolute Gasteiger partial charge is 0.323 e. The van der Waals surface area contributed by atoms with Crippen molar-refractivity contribution in [3.8, 4) is 0 Å². The summed E-state index contributed by atoms with van der Waals surface area (Å²) >= 11 is 7.52. The van der Waals surface area contributed by atoms with Crippen LogP contribution in [0.15, 0.2) is 46.6 Å². The lowest BCUT2D eigenvalue weighted by atomic mass is 10.2. The zero-order valence-electron chi connectivity index (χ0n) is 9.30. The number of rotatable bonds is 3. The molecular formula is C12H12ClN3S. The van der Waals surface area contributed by atoms with Crippen molar-refractivity contribution in [3.05, 3.63) is 47.4 Å². The van der Waals surface area contributed by atoms with Gasteiger partial charge in [-0.05, 0) is 31.2 Å². The third-order valence-electron chi connectivity index (χ3n) is 2.16. The summed E-state index contributed by atoms with van der Waals surface area (Å²) in [6.07, 6.45) is 3.51. The summed E-state index contributed by atoms with van der Waals surface area (Å²) < 4.78 is 0. The molecule has 17 heavy (non-hydrogen) atoms. The van der Waals surface area contributed by atoms with Gasteiger partial charge in [-0.2, -0.15) is 0 Å². The minimum absolute atomic E-state index is 0.0486. The average molecular weight is 266 g/mol. The van der Waals surface area contributed by atoms with E-state index in [1.165, 1.54) is 11.8 Å². The van der Waals surface area contributed by atoms with Crippen molar-refractivity contribution >= 4 is 23.4 Å². The summed E-state index contributed by atoms with van der Waals surface area (Å²) in [4.78, 5) is 9.49. The minimum atomic E-state index is -0.0486. The molecule has 0 fully saturated rings. The highest BCUT2D eigenvalue weighted by atomic mass is 35.5. The van der Waals surface area contributed by atoms with Crippen LogP contribution >= 0.6 is 23.4 Å². The van der Waals surface area contributed by atoms with Gasteiger partial charge in [0.2, 0.25) is 0 Å². The lowest BCUT2D eigenvalue weighted by Gasteiger charge is -2.06. The fourth-order valence-electron chi connectivity index (χ4n) is 1.28. The lowest BCUT2D eigenvalue weighted by Crippen LogP contribution is -2.06. The topological polar surface area (TPSA) is 51.8 Å². The van der Waals surface area contributed by atoms with Gasteiger partial charge in [-0.1, -0.05) is 23.4 Å². The monoisotopic (exact) mass is 265 g/mol. The van der Waals surface area contributed by atoms with Gasteiger partial charge in [-0.25, -0.2) is 4.98 Å². The van der Waals surface area contributed by atoms with Crippen molar-refractivity contribution in [3.63, 3.8) is 0 Å². The zero-order valence-corrected chi connectivity index (χ0v) is 10.9. The van der Waals surface area contributed by atoms with Crippen LogP contribution in [-0.4, -0.2) is 9.97 Å². The zero-order chi connectivity index (χ0) is 12.3. The van der Waals surface area contributed by atoms with Gasteiger partial charge in [-0.3, -0.25) is 4.98 Å². The Balaban J connectivity index is 2.17. The van der Waals surface area contributed by atoms with Crippen molar-refractivity contribution in [1.29, 1.82) is 0 Å². The van der Waals surface area contributed by atoms with E-state index < -0.39 is 0 Å². The van der Waals surface area contributed by atoms with E-state index in [9.17, 15) is 0 Å². The molecule has 2 aromatic heterocycles. The third-order valence-corrected chi connectivity index (χ3v) is 3.58. The Morgan fingerprint density at radius 1 is 1.29 bits per heavy atom. The predicted octanol–water partition coefficient (Wildman–Crippen LogP) is 3.30. The molecule has 0 saturated heterocycles. The van der Waals surface area contributed by atoms with E-state index in [2.05, 4.69) is 9.97 Å². The first-order chi connectivity index (χ1) is 8.16. The van der Waals surface area contributed by atoms with E-state index in [0.29, 0.717) is 5.02 Å². The SMILES string of the molecule is C[C@@H](N)c1ccc(Sc2ncccc2Cl)cn1. The van der Waals surface area contributed by atoms with Gasteiger partial charge >= 0.3 is 0 Å². The molecule has 2 N–H and O–H groups in total. The third kappa shape index (κ3) is 3.19. The van der Waals surface area contributed by atoms with Crippen LogP contribution in [0.3, 0.4) is 0 Å². The maximum atomic E-state index is 6.03. The van der Waals surface area contributed by atoms with Gasteiger partial charge in [0, 0.05) is 23.3 Å². The number of nitrogens with zero attached hydrogens (tertiary/aromatic N) is 2. The van der Waals surface area contributed by atoms with E-state index in [1.807, 2.05) is 31.2 Å². The smallest absolute Gasteiger partial charge is 0.119 e. The van der Waals surface area contributed by atoms with Crippen LogP contribution in [0.1, 0.15) is 18.7 Å². The van der Waals surface area contributed by atoms with E-state index in [4.69, 9.17) is 17.3 Å². The number of hydrogen-bond donors (Lipinski definition) is 1. The lowest BCUT2D eigenvalue weighted by molar-refractivity contribution is 0.777. The Morgan fingerprint density at radius 2 is 2.12 bits per heavy atom. The molecule has 0 radical (unpaired) electrons. The molecule has 0 aliphatic carbocycles. The first-order valence-electron chi connectivity index (χ1n) is 5.16. The number of aromatic nitrogens is 2. The van der Waals surface area contributed by atoms with E-state index in [0.717, 1.165) is 15.6 Å². The van der Waals surface area contributed by atoms with Crippen molar-refractivity contribution in [2.45, 2.75) is 22.9 Å². The van der Waals surface area contributed by atoms with Crippen LogP contribution in [0.25, 0.3) is 0 Å². The summed E-state index contributed by atoms with van der Waals surface area (Å²) in [6, 6.07) is 7.47. The Morgan fingerprint density at radius 3 is 2.71 bits per heavy atom. The highest BCUT2D eigenvalue weighted by Gasteiger charge is 2.05. The Hall–Kier alpha value is -1.10. The fourth-order valence-corrected chi connectivity index (χ4v) is 2.26. The fraction of sp³-hybridized carbons (Fsp3) is 0.167. The number of hydrogen-bond acceptors (Lipinski definition) is 4. The molecule has 0 saturated carbocycles. The van der Waals surface area contributed by atoms with Crippen molar-refractivity contribution in [2.24, 2.45) is 5.73 Å². The van der Waals surface area contributed by atoms with Crippen LogP contribution in [0, 0.1) is 0 Å². The molecular weight excluding hydrogens is 254 g/mol. The molecule has 5 heteroatoms. The minimum Gasteiger partial charge on any atom is -0.323 e. The first-order valence-corrected chi connectivity index (χ1v) is 6.36. The second kappa shape index (κ2) is 5.49. The Kier molecular flexibility index (Phi) is 3.99. The van der Waals surface area contributed by atoms with E-state index in [1.54, 1.807) is 12.4 Å². The molecule has 0 aliphatic rings. The quantitative estimate of drug-likeness (QED) is 0.925. The van der Waals surface area contributed by atoms with E-state index >= 15 is 0 Å². The van der Waals surface area contributed by atoms with Crippen LogP contribution in [0.2, 0.25) is 5.02 Å². The predicted molar refractivity (Wildman–Crippen MR) is 70.2 cm³/mol. The second-order valence-corrected chi connectivity index (χ2v) is 5.07. The van der Waals surface area contributed by atoms with Crippen LogP contribution in [0.5, 0.6) is 0 Å². The van der Waals surface area contributed by atoms with Crippen molar-refractivity contribution < 1.29 is 0 Å². The molecule has 0 amide bonds. The second-order valence-electron chi connectivity index (χ2n) is 3.60. The van der Waals surface area contributed by atoms with E-state index in [-0.39, 0.29) is 6.04 Å². The summed E-state index contributed by atoms with van der Waals surface area (Å²) in [7, 11) is 0. The summed E-state index contributed by atoms with van der Waals surface area (Å²) in [5, 5.41) is 1.43. The first kappa shape index (κ1) is 12.4. The normalized spacial score (nSPS) is 12.4. The molecule has 0 unspecified atom stereocenters. The Bertz CT molecular complexity index is 499. The maximum Gasteiger partial charge on any atom is 0.119 e. The molecule has 0 aliphatic heterocycles. The van der Waals surface area contributed by atoms with Gasteiger partial charge in [0.15, 0.2) is 0 Å². The van der Waals surface area contributed by atoms with Gasteiger partial charge in [0.25, 0.3) is 0 Å². The van der Waals surface area contributed by atoms with Crippen LogP contribution in [0.4, 0.5) is 0 Å². The highest BCUT2D eigenvalue weighted by Crippen LogP contribution is 2.30. The van der Waals surface area contributed by atoms with Gasteiger partial charge in [0.1, 0.15) is 5.03 Å². The van der Waals surface area contributed by atoms with Gasteiger partial charge in [0.05, 0.1) is 10.7 Å². The van der Waals surface area contributed by atoms with Gasteiger partial charge < -0.3 is 5.73 Å². The summed E-state index contributed by atoms with van der Waals surface area (Å²) in [5.74, 6) is 0. The average Bonchev–Trinajstić information content (AvgIpc) is 2.33. The van der Waals surface area contributed by atoms with Gasteiger partial charge in [-0.15, -0.1) is 0 Å². The molecule has 3 nitrogen and oxygen atoms in total. The highest BCUT2D eigenvalue weighted by molar-refractivity contribution is 7.99.